The molecule has 0 fully saturated rings. The molecule has 82 heavy (non-hydrogen) atoms. The van der Waals surface area contributed by atoms with Crippen LogP contribution in [0.4, 0.5) is 0 Å². The van der Waals surface area contributed by atoms with Crippen molar-refractivity contribution in [2.24, 2.45) is 0 Å². The van der Waals surface area contributed by atoms with E-state index in [1.807, 2.05) is 36.4 Å². The summed E-state index contributed by atoms with van der Waals surface area (Å²) in [5.41, 5.74) is 10.2. The zero-order chi connectivity index (χ0) is 55.6. The number of fused-ring (bicyclic) bond motifs is 10. The van der Waals surface area contributed by atoms with Crippen molar-refractivity contribution < 1.29 is 19.2 Å². The maximum atomic E-state index is 15.5. The molecule has 0 unspecified atom stereocenters. The summed E-state index contributed by atoms with van der Waals surface area (Å²) >= 11 is 0. The van der Waals surface area contributed by atoms with Crippen LogP contribution >= 0.6 is 0 Å². The Labute approximate surface area is 477 Å². The molecule has 2 aliphatic rings. The minimum Gasteiger partial charge on any atom is -0.309 e. The number of imide groups is 2. The first-order valence-electron chi connectivity index (χ1n) is 29.8. The lowest BCUT2D eigenvalue weighted by Gasteiger charge is -2.34. The second kappa shape index (κ2) is 21.1. The summed E-state index contributed by atoms with van der Waals surface area (Å²) < 4.78 is 4.58. The highest BCUT2D eigenvalue weighted by molar-refractivity contribution is 6.36. The molecule has 4 amide bonds. The molecule has 0 spiro atoms. The summed E-state index contributed by atoms with van der Waals surface area (Å²) in [6.07, 6.45) is 11.9. The van der Waals surface area contributed by atoms with E-state index < -0.39 is 23.6 Å². The van der Waals surface area contributed by atoms with Gasteiger partial charge in [-0.15, -0.1) is 0 Å². The molecule has 14 rings (SSSR count). The minimum atomic E-state index is -0.403. The maximum absolute atomic E-state index is 15.5. The standard InChI is InChI=1S/C74H64N4O4/c1-3-5-7-9-11-21-43-75-71(79)59-45-58(50-33-39-52(40-34-50)78-62-30-20-18-28-56(62)66-54-26-16-14-24-48(54)36-42-64(66)78)70-68-60(72(80)76(74(70)82)44-22-12-10-8-6-4-2)46-57(69(67(59)68)73(75)81)49-31-37-51(38-32-49)77-61-29-19-17-27-55(61)65-53-25-15-13-23-47(53)35-41-63(65)77/h13-20,23-42,45-46H,3-12,21-22,43-44H2,1-2H3. The Morgan fingerprint density at radius 2 is 0.671 bits per heavy atom. The zero-order valence-electron chi connectivity index (χ0n) is 46.6. The Bertz CT molecular complexity index is 4290. The molecule has 0 aliphatic carbocycles. The topological polar surface area (TPSA) is 84.6 Å². The molecule has 2 aliphatic heterocycles. The fourth-order valence-corrected chi connectivity index (χ4v) is 13.7. The van der Waals surface area contributed by atoms with Crippen LogP contribution in [0.1, 0.15) is 132 Å². The van der Waals surface area contributed by atoms with E-state index in [2.05, 4.69) is 169 Å². The maximum Gasteiger partial charge on any atom is 0.262 e. The number of carbonyl (C=O) groups is 4. The van der Waals surface area contributed by atoms with Gasteiger partial charge in [-0.1, -0.05) is 199 Å². The molecule has 0 atom stereocenters. The molecule has 10 aromatic carbocycles. The van der Waals surface area contributed by atoms with Gasteiger partial charge in [0.2, 0.25) is 0 Å². The van der Waals surface area contributed by atoms with Crippen LogP contribution in [0.3, 0.4) is 0 Å². The number of aromatic nitrogens is 2. The molecular weight excluding hydrogens is 1010 g/mol. The van der Waals surface area contributed by atoms with E-state index in [1.165, 1.54) is 42.1 Å². The van der Waals surface area contributed by atoms with Gasteiger partial charge in [0.25, 0.3) is 23.6 Å². The smallest absolute Gasteiger partial charge is 0.262 e. The number of carbonyl (C=O) groups excluding carboxylic acids is 4. The summed E-state index contributed by atoms with van der Waals surface area (Å²) in [5, 5.41) is 10.2. The monoisotopic (exact) mass is 1070 g/mol. The van der Waals surface area contributed by atoms with Crippen LogP contribution in [0.2, 0.25) is 0 Å². The lowest BCUT2D eigenvalue weighted by Crippen LogP contribution is -2.44. The number of amides is 4. The van der Waals surface area contributed by atoms with Gasteiger partial charge in [0.1, 0.15) is 0 Å². The fraction of sp³-hybridized carbons (Fsp3) is 0.216. The van der Waals surface area contributed by atoms with E-state index in [1.54, 1.807) is 0 Å². The molecular formula is C74H64N4O4. The predicted molar refractivity (Wildman–Crippen MR) is 336 cm³/mol. The minimum absolute atomic E-state index is 0.261. The summed E-state index contributed by atoms with van der Waals surface area (Å²) in [7, 11) is 0. The van der Waals surface area contributed by atoms with E-state index in [0.717, 1.165) is 120 Å². The molecule has 8 nitrogen and oxygen atoms in total. The first-order chi connectivity index (χ1) is 40.3. The molecule has 4 heterocycles. The van der Waals surface area contributed by atoms with Crippen molar-refractivity contribution in [2.45, 2.75) is 90.9 Å². The van der Waals surface area contributed by atoms with Crippen molar-refractivity contribution in [2.75, 3.05) is 13.1 Å². The van der Waals surface area contributed by atoms with Gasteiger partial charge >= 0.3 is 0 Å². The molecule has 8 heteroatoms. The van der Waals surface area contributed by atoms with Crippen LogP contribution in [0.5, 0.6) is 0 Å². The molecule has 404 valence electrons. The Hall–Kier alpha value is -9.14. The van der Waals surface area contributed by atoms with Crippen LogP contribution in [0.15, 0.2) is 182 Å². The quantitative estimate of drug-likeness (QED) is 0.0633. The first kappa shape index (κ1) is 51.0. The van der Waals surface area contributed by atoms with Gasteiger partial charge in [-0.05, 0) is 117 Å². The van der Waals surface area contributed by atoms with E-state index in [9.17, 15) is 0 Å². The average molecular weight is 1070 g/mol. The van der Waals surface area contributed by atoms with Gasteiger partial charge in [-0.3, -0.25) is 29.0 Å². The van der Waals surface area contributed by atoms with Gasteiger partial charge in [0.15, 0.2) is 0 Å². The third-order valence-corrected chi connectivity index (χ3v) is 17.7. The number of hydrogen-bond donors (Lipinski definition) is 0. The second-order valence-electron chi connectivity index (χ2n) is 22.7. The summed E-state index contributed by atoms with van der Waals surface area (Å²) in [6.45, 7) is 4.91. The summed E-state index contributed by atoms with van der Waals surface area (Å²) in [4.78, 5) is 64.6. The van der Waals surface area contributed by atoms with Crippen molar-refractivity contribution >= 4 is 99.6 Å². The lowest BCUT2D eigenvalue weighted by molar-refractivity contribution is 0.0587. The molecule has 12 aromatic rings. The van der Waals surface area contributed by atoms with E-state index in [-0.39, 0.29) is 13.1 Å². The van der Waals surface area contributed by atoms with E-state index in [0.29, 0.717) is 57.0 Å². The van der Waals surface area contributed by atoms with Crippen molar-refractivity contribution in [3.63, 3.8) is 0 Å². The van der Waals surface area contributed by atoms with Crippen molar-refractivity contribution in [1.82, 2.24) is 18.9 Å². The molecule has 0 bridgehead atoms. The SMILES string of the molecule is CCCCCCCCN1C(=O)c2cc(-c3ccc(-n4c5ccccc5c5c6ccccc6ccc54)cc3)c3c4c(cc(-c5ccc(-n6c7ccccc7c7c8ccccc8ccc76)cc5)c(c24)C1=O)C(=O)N(CCCCCCCC)C3=O. The zero-order valence-corrected chi connectivity index (χ0v) is 46.6. The Kier molecular flexibility index (Phi) is 13.1. The fourth-order valence-electron chi connectivity index (χ4n) is 13.7. The highest BCUT2D eigenvalue weighted by Gasteiger charge is 2.43. The third kappa shape index (κ3) is 8.24. The van der Waals surface area contributed by atoms with Crippen molar-refractivity contribution in [3.05, 3.63) is 204 Å². The summed E-state index contributed by atoms with van der Waals surface area (Å²) in [6, 6.07) is 62.9. The number of unbranched alkanes of at least 4 members (excludes halogenated alkanes) is 10. The molecule has 0 saturated carbocycles. The first-order valence-corrected chi connectivity index (χ1v) is 29.8. The van der Waals surface area contributed by atoms with Gasteiger partial charge in [-0.25, -0.2) is 0 Å². The lowest BCUT2D eigenvalue weighted by atomic mass is 9.79. The van der Waals surface area contributed by atoms with Crippen molar-refractivity contribution in [3.8, 4) is 33.6 Å². The third-order valence-electron chi connectivity index (χ3n) is 17.7. The molecule has 0 N–H and O–H groups in total. The van der Waals surface area contributed by atoms with Crippen LogP contribution < -0.4 is 0 Å². The molecule has 0 saturated heterocycles. The van der Waals surface area contributed by atoms with Gasteiger partial charge < -0.3 is 9.13 Å². The number of hydrogen-bond acceptors (Lipinski definition) is 4. The van der Waals surface area contributed by atoms with Crippen LogP contribution in [0, 0.1) is 0 Å². The highest BCUT2D eigenvalue weighted by Crippen LogP contribution is 2.48. The number of para-hydroxylation sites is 2. The Balaban J connectivity index is 0.945. The normalized spacial score (nSPS) is 13.5. The Morgan fingerprint density at radius 3 is 1.09 bits per heavy atom. The number of benzene rings is 10. The van der Waals surface area contributed by atoms with Crippen LogP contribution in [0.25, 0.3) is 110 Å². The molecule has 2 aromatic heterocycles. The van der Waals surface area contributed by atoms with Gasteiger partial charge in [0.05, 0.1) is 33.2 Å². The van der Waals surface area contributed by atoms with Crippen LogP contribution in [-0.4, -0.2) is 55.7 Å². The van der Waals surface area contributed by atoms with Crippen LogP contribution in [-0.2, 0) is 0 Å². The highest BCUT2D eigenvalue weighted by atomic mass is 16.2. The van der Waals surface area contributed by atoms with Gasteiger partial charge in [0, 0.05) is 67.9 Å². The second-order valence-corrected chi connectivity index (χ2v) is 22.7. The van der Waals surface area contributed by atoms with Gasteiger partial charge in [-0.2, -0.15) is 0 Å². The number of rotatable bonds is 18. The summed E-state index contributed by atoms with van der Waals surface area (Å²) in [5.74, 6) is -1.61. The Morgan fingerprint density at radius 1 is 0.305 bits per heavy atom. The number of nitrogens with zero attached hydrogens (tertiary/aromatic N) is 4. The average Bonchev–Trinajstić information content (AvgIpc) is 4.02. The van der Waals surface area contributed by atoms with E-state index in [4.69, 9.17) is 0 Å². The predicted octanol–water partition coefficient (Wildman–Crippen LogP) is 18.6. The largest absolute Gasteiger partial charge is 0.309 e. The van der Waals surface area contributed by atoms with Crippen molar-refractivity contribution in [1.29, 1.82) is 0 Å². The molecule has 0 radical (unpaired) electrons. The van der Waals surface area contributed by atoms with E-state index >= 15 is 19.2 Å².